The summed E-state index contributed by atoms with van der Waals surface area (Å²) in [6.07, 6.45) is 0.527. The molecule has 132 valence electrons. The quantitative estimate of drug-likeness (QED) is 0.639. The van der Waals surface area contributed by atoms with Crippen molar-refractivity contribution in [2.45, 2.75) is 25.2 Å². The maximum Gasteiger partial charge on any atom is 0.313 e. The molecule has 0 spiro atoms. The summed E-state index contributed by atoms with van der Waals surface area (Å²) >= 11 is 3.41. The van der Waals surface area contributed by atoms with Gasteiger partial charge in [0.2, 0.25) is 0 Å². The average molecular weight is 405 g/mol. The van der Waals surface area contributed by atoms with E-state index in [0.717, 1.165) is 15.6 Å². The Morgan fingerprint density at radius 2 is 1.64 bits per heavy atom. The minimum atomic E-state index is -0.476. The SMILES string of the molecule is COC(=O)[C@@H](c1ccc(Br)cc1)[C@@H](CCOC(C)=O)c1ccccc1. The van der Waals surface area contributed by atoms with Crippen molar-refractivity contribution in [1.29, 1.82) is 0 Å². The Morgan fingerprint density at radius 1 is 1.00 bits per heavy atom. The minimum absolute atomic E-state index is 0.158. The van der Waals surface area contributed by atoms with Gasteiger partial charge in [-0.2, -0.15) is 0 Å². The third-order valence-electron chi connectivity index (χ3n) is 4.05. The molecule has 4 nitrogen and oxygen atoms in total. The van der Waals surface area contributed by atoms with E-state index in [0.29, 0.717) is 6.42 Å². The van der Waals surface area contributed by atoms with Crippen LogP contribution >= 0.6 is 15.9 Å². The van der Waals surface area contributed by atoms with Crippen LogP contribution in [0.5, 0.6) is 0 Å². The van der Waals surface area contributed by atoms with Gasteiger partial charge in [-0.25, -0.2) is 0 Å². The molecule has 0 radical (unpaired) electrons. The lowest BCUT2D eigenvalue weighted by molar-refractivity contribution is -0.143. The summed E-state index contributed by atoms with van der Waals surface area (Å²) in [7, 11) is 1.39. The molecule has 2 atom stereocenters. The van der Waals surface area contributed by atoms with Crippen molar-refractivity contribution in [3.8, 4) is 0 Å². The zero-order valence-corrected chi connectivity index (χ0v) is 15.9. The van der Waals surface area contributed by atoms with Crippen molar-refractivity contribution in [1.82, 2.24) is 0 Å². The molecule has 0 aromatic heterocycles. The summed E-state index contributed by atoms with van der Waals surface area (Å²) in [5.74, 6) is -1.27. The molecule has 0 amide bonds. The number of esters is 2. The van der Waals surface area contributed by atoms with Gasteiger partial charge in [0.25, 0.3) is 0 Å². The Balaban J connectivity index is 2.39. The number of rotatable bonds is 7. The van der Waals surface area contributed by atoms with Crippen molar-refractivity contribution >= 4 is 27.9 Å². The second kappa shape index (κ2) is 9.37. The van der Waals surface area contributed by atoms with Crippen LogP contribution in [0.2, 0.25) is 0 Å². The zero-order chi connectivity index (χ0) is 18.2. The van der Waals surface area contributed by atoms with Gasteiger partial charge in [0, 0.05) is 17.3 Å². The van der Waals surface area contributed by atoms with E-state index in [1.54, 1.807) is 0 Å². The first kappa shape index (κ1) is 19.2. The highest BCUT2D eigenvalue weighted by Crippen LogP contribution is 2.37. The summed E-state index contributed by atoms with van der Waals surface area (Å²) < 4.78 is 11.1. The van der Waals surface area contributed by atoms with Crippen LogP contribution in [0.3, 0.4) is 0 Å². The van der Waals surface area contributed by atoms with Gasteiger partial charge in [0.15, 0.2) is 0 Å². The molecule has 0 heterocycles. The highest BCUT2D eigenvalue weighted by Gasteiger charge is 2.32. The van der Waals surface area contributed by atoms with Gasteiger partial charge in [-0.3, -0.25) is 9.59 Å². The highest BCUT2D eigenvalue weighted by molar-refractivity contribution is 9.10. The molecule has 5 heteroatoms. The van der Waals surface area contributed by atoms with Crippen molar-refractivity contribution in [2.75, 3.05) is 13.7 Å². The third-order valence-corrected chi connectivity index (χ3v) is 4.58. The molecular formula is C20H21BrO4. The lowest BCUT2D eigenvalue weighted by Gasteiger charge is -2.26. The van der Waals surface area contributed by atoms with Crippen LogP contribution in [0.4, 0.5) is 0 Å². The zero-order valence-electron chi connectivity index (χ0n) is 14.3. The maximum absolute atomic E-state index is 12.6. The molecule has 0 fully saturated rings. The third kappa shape index (κ3) is 5.43. The van der Waals surface area contributed by atoms with Crippen molar-refractivity contribution in [2.24, 2.45) is 0 Å². The van der Waals surface area contributed by atoms with Gasteiger partial charge < -0.3 is 9.47 Å². The molecule has 0 N–H and O–H groups in total. The van der Waals surface area contributed by atoms with E-state index in [-0.39, 0.29) is 24.5 Å². The van der Waals surface area contributed by atoms with Crippen LogP contribution in [-0.2, 0) is 19.1 Å². The van der Waals surface area contributed by atoms with Crippen LogP contribution < -0.4 is 0 Å². The number of ether oxygens (including phenoxy) is 2. The van der Waals surface area contributed by atoms with Gasteiger partial charge in [0.05, 0.1) is 19.6 Å². The first-order chi connectivity index (χ1) is 12.0. The number of halogens is 1. The fourth-order valence-electron chi connectivity index (χ4n) is 2.89. The Kier molecular flexibility index (Phi) is 7.19. The number of hydrogen-bond donors (Lipinski definition) is 0. The van der Waals surface area contributed by atoms with Gasteiger partial charge in [-0.1, -0.05) is 58.4 Å². The number of hydrogen-bond acceptors (Lipinski definition) is 4. The summed E-state index contributed by atoms with van der Waals surface area (Å²) in [6, 6.07) is 17.4. The summed E-state index contributed by atoms with van der Waals surface area (Å²) in [4.78, 5) is 23.7. The number of benzene rings is 2. The first-order valence-corrected chi connectivity index (χ1v) is 8.84. The Hall–Kier alpha value is -2.14. The second-order valence-electron chi connectivity index (χ2n) is 5.70. The molecule has 2 aromatic rings. The van der Waals surface area contributed by atoms with Crippen molar-refractivity contribution in [3.63, 3.8) is 0 Å². The van der Waals surface area contributed by atoms with E-state index in [9.17, 15) is 9.59 Å². The molecule has 2 aromatic carbocycles. The van der Waals surface area contributed by atoms with Gasteiger partial charge in [-0.05, 0) is 29.7 Å². The molecule has 0 aliphatic carbocycles. The monoisotopic (exact) mass is 404 g/mol. The van der Waals surface area contributed by atoms with E-state index < -0.39 is 5.92 Å². The van der Waals surface area contributed by atoms with E-state index in [1.165, 1.54) is 14.0 Å². The molecule has 0 bridgehead atoms. The number of methoxy groups -OCH3 is 1. The minimum Gasteiger partial charge on any atom is -0.469 e. The van der Waals surface area contributed by atoms with Gasteiger partial charge in [-0.15, -0.1) is 0 Å². The Morgan fingerprint density at radius 3 is 2.20 bits per heavy atom. The van der Waals surface area contributed by atoms with E-state index in [4.69, 9.17) is 9.47 Å². The van der Waals surface area contributed by atoms with Crippen LogP contribution in [0, 0.1) is 0 Å². The lowest BCUT2D eigenvalue weighted by atomic mass is 9.79. The Bertz CT molecular complexity index is 697. The summed E-state index contributed by atoms with van der Waals surface area (Å²) in [6.45, 7) is 1.63. The molecule has 25 heavy (non-hydrogen) atoms. The van der Waals surface area contributed by atoms with Crippen LogP contribution in [-0.4, -0.2) is 25.7 Å². The topological polar surface area (TPSA) is 52.6 Å². The standard InChI is InChI=1S/C20H21BrO4/c1-14(22)25-13-12-18(15-6-4-3-5-7-15)19(20(23)24-2)16-8-10-17(21)11-9-16/h3-11,18-19H,12-13H2,1-2H3/t18-,19-/m0/s1. The maximum atomic E-state index is 12.6. The fraction of sp³-hybridized carbons (Fsp3) is 0.300. The Labute approximate surface area is 156 Å². The van der Waals surface area contributed by atoms with E-state index in [2.05, 4.69) is 15.9 Å². The number of carbonyl (C=O) groups is 2. The lowest BCUT2D eigenvalue weighted by Crippen LogP contribution is -2.23. The number of carbonyl (C=O) groups excluding carboxylic acids is 2. The predicted molar refractivity (Wildman–Crippen MR) is 99.3 cm³/mol. The first-order valence-electron chi connectivity index (χ1n) is 8.04. The normalized spacial score (nSPS) is 12.9. The smallest absolute Gasteiger partial charge is 0.313 e. The molecule has 0 saturated heterocycles. The van der Waals surface area contributed by atoms with Crippen LogP contribution in [0.25, 0.3) is 0 Å². The van der Waals surface area contributed by atoms with E-state index >= 15 is 0 Å². The second-order valence-corrected chi connectivity index (χ2v) is 6.61. The average Bonchev–Trinajstić information content (AvgIpc) is 2.62. The summed E-state index contributed by atoms with van der Waals surface area (Å²) in [5.41, 5.74) is 1.87. The van der Waals surface area contributed by atoms with Gasteiger partial charge in [0.1, 0.15) is 0 Å². The molecular weight excluding hydrogens is 384 g/mol. The van der Waals surface area contributed by atoms with Crippen molar-refractivity contribution < 1.29 is 19.1 Å². The van der Waals surface area contributed by atoms with Crippen LogP contribution in [0.15, 0.2) is 59.1 Å². The molecule has 0 aliphatic heterocycles. The van der Waals surface area contributed by atoms with Crippen molar-refractivity contribution in [3.05, 3.63) is 70.2 Å². The van der Waals surface area contributed by atoms with Crippen LogP contribution in [0.1, 0.15) is 36.3 Å². The predicted octanol–water partition coefficient (Wildman–Crippen LogP) is 4.44. The molecule has 0 aliphatic rings. The highest BCUT2D eigenvalue weighted by atomic mass is 79.9. The molecule has 0 unspecified atom stereocenters. The molecule has 0 saturated carbocycles. The molecule has 2 rings (SSSR count). The van der Waals surface area contributed by atoms with E-state index in [1.807, 2.05) is 54.6 Å². The van der Waals surface area contributed by atoms with Gasteiger partial charge >= 0.3 is 11.9 Å². The largest absolute Gasteiger partial charge is 0.469 e. The fourth-order valence-corrected chi connectivity index (χ4v) is 3.15. The summed E-state index contributed by atoms with van der Waals surface area (Å²) in [5, 5.41) is 0.